The Morgan fingerprint density at radius 1 is 1.17 bits per heavy atom. The van der Waals surface area contributed by atoms with Crippen LogP contribution in [0.15, 0.2) is 45.6 Å². The number of aromatic hydroxyl groups is 1. The van der Waals surface area contributed by atoms with Crippen molar-refractivity contribution in [2.45, 2.75) is 13.0 Å². The maximum Gasteiger partial charge on any atom is 0.289 e. The van der Waals surface area contributed by atoms with E-state index in [4.69, 9.17) is 8.83 Å². The number of nitrogens with zero attached hydrogens (tertiary/aromatic N) is 5. The molecular weight excluding hydrogens is 394 g/mol. The summed E-state index contributed by atoms with van der Waals surface area (Å²) in [5.41, 5.74) is 0. The highest BCUT2D eigenvalue weighted by atomic mass is 32.1. The van der Waals surface area contributed by atoms with Gasteiger partial charge in [0.2, 0.25) is 10.8 Å². The standard InChI is InChI=1S/C19H19N5O4S/c1-12-20-19-24(21-12)18(26)16(29-19)15(13-4-2-10-27-13)22-6-8-23(9-7-22)17(25)14-5-3-11-28-14/h2-5,10-11,15,26H,6-9H2,1H3. The van der Waals surface area contributed by atoms with E-state index < -0.39 is 0 Å². The van der Waals surface area contributed by atoms with Gasteiger partial charge in [0.25, 0.3) is 5.91 Å². The molecule has 1 saturated heterocycles. The highest BCUT2D eigenvalue weighted by molar-refractivity contribution is 7.17. The molecule has 9 nitrogen and oxygen atoms in total. The summed E-state index contributed by atoms with van der Waals surface area (Å²) in [5, 5.41) is 15.1. The minimum absolute atomic E-state index is 0.0705. The van der Waals surface area contributed by atoms with Crippen LogP contribution in [-0.4, -0.2) is 61.6 Å². The van der Waals surface area contributed by atoms with E-state index in [2.05, 4.69) is 15.0 Å². The lowest BCUT2D eigenvalue weighted by molar-refractivity contribution is 0.0554. The van der Waals surface area contributed by atoms with Crippen molar-refractivity contribution < 1.29 is 18.7 Å². The van der Waals surface area contributed by atoms with Gasteiger partial charge in [-0.2, -0.15) is 4.52 Å². The van der Waals surface area contributed by atoms with Gasteiger partial charge in [-0.1, -0.05) is 11.3 Å². The summed E-state index contributed by atoms with van der Waals surface area (Å²) in [6, 6.07) is 6.83. The van der Waals surface area contributed by atoms with E-state index in [-0.39, 0.29) is 17.8 Å². The summed E-state index contributed by atoms with van der Waals surface area (Å²) in [4.78, 5) is 22.2. The van der Waals surface area contributed by atoms with Crippen molar-refractivity contribution in [3.8, 4) is 5.88 Å². The van der Waals surface area contributed by atoms with Gasteiger partial charge < -0.3 is 18.8 Å². The molecule has 1 unspecified atom stereocenters. The van der Waals surface area contributed by atoms with Gasteiger partial charge in [-0.25, -0.2) is 4.98 Å². The lowest BCUT2D eigenvalue weighted by Gasteiger charge is -2.37. The molecule has 1 atom stereocenters. The molecule has 1 fully saturated rings. The number of rotatable bonds is 4. The van der Waals surface area contributed by atoms with Crippen molar-refractivity contribution in [1.29, 1.82) is 0 Å². The number of amides is 1. The predicted molar refractivity (Wildman–Crippen MR) is 104 cm³/mol. The van der Waals surface area contributed by atoms with E-state index in [1.54, 1.807) is 30.2 Å². The summed E-state index contributed by atoms with van der Waals surface area (Å²) in [5.74, 6) is 1.65. The topological polar surface area (TPSA) is 100 Å². The number of aryl methyl sites for hydroxylation is 1. The zero-order valence-corrected chi connectivity index (χ0v) is 16.5. The van der Waals surface area contributed by atoms with Gasteiger partial charge in [0.05, 0.1) is 17.4 Å². The lowest BCUT2D eigenvalue weighted by Crippen LogP contribution is -2.49. The van der Waals surface area contributed by atoms with Crippen LogP contribution in [0.25, 0.3) is 4.96 Å². The number of hydrogen-bond donors (Lipinski definition) is 1. The molecule has 0 radical (unpaired) electrons. The van der Waals surface area contributed by atoms with Crippen molar-refractivity contribution >= 4 is 22.2 Å². The predicted octanol–water partition coefficient (Wildman–Crippen LogP) is 2.54. The Morgan fingerprint density at radius 2 is 1.93 bits per heavy atom. The zero-order valence-electron chi connectivity index (χ0n) is 15.7. The number of hydrogen-bond acceptors (Lipinski definition) is 8. The van der Waals surface area contributed by atoms with Gasteiger partial charge in [0, 0.05) is 26.2 Å². The van der Waals surface area contributed by atoms with Crippen LogP contribution in [-0.2, 0) is 0 Å². The molecule has 0 spiro atoms. The second kappa shape index (κ2) is 7.05. The Labute approximate surface area is 169 Å². The third-order valence-electron chi connectivity index (χ3n) is 5.07. The molecule has 10 heteroatoms. The molecule has 1 N–H and O–H groups in total. The van der Waals surface area contributed by atoms with Gasteiger partial charge in [0.15, 0.2) is 5.76 Å². The third kappa shape index (κ3) is 3.10. The molecule has 5 heterocycles. The van der Waals surface area contributed by atoms with Crippen LogP contribution < -0.4 is 0 Å². The third-order valence-corrected chi connectivity index (χ3v) is 6.14. The summed E-state index contributed by atoms with van der Waals surface area (Å²) in [6.45, 7) is 4.15. The van der Waals surface area contributed by atoms with Crippen molar-refractivity contribution in [2.24, 2.45) is 0 Å². The molecule has 1 amide bonds. The van der Waals surface area contributed by atoms with E-state index in [9.17, 15) is 9.90 Å². The number of aromatic nitrogens is 3. The summed E-state index contributed by atoms with van der Waals surface area (Å²) in [6.07, 6.45) is 3.12. The minimum Gasteiger partial charge on any atom is -0.492 e. The Morgan fingerprint density at radius 3 is 2.59 bits per heavy atom. The van der Waals surface area contributed by atoms with Crippen LogP contribution in [0.4, 0.5) is 0 Å². The van der Waals surface area contributed by atoms with E-state index in [0.717, 1.165) is 10.6 Å². The van der Waals surface area contributed by atoms with E-state index >= 15 is 0 Å². The van der Waals surface area contributed by atoms with Crippen LogP contribution >= 0.6 is 11.3 Å². The summed E-state index contributed by atoms with van der Waals surface area (Å²) in [7, 11) is 0. The van der Waals surface area contributed by atoms with Crippen molar-refractivity contribution in [2.75, 3.05) is 26.2 Å². The van der Waals surface area contributed by atoms with E-state index in [1.807, 2.05) is 12.1 Å². The van der Waals surface area contributed by atoms with Crippen LogP contribution in [0.1, 0.15) is 33.1 Å². The number of piperazine rings is 1. The first kappa shape index (κ1) is 18.0. The van der Waals surface area contributed by atoms with Crippen molar-refractivity contribution in [3.05, 3.63) is 59.0 Å². The highest BCUT2D eigenvalue weighted by Crippen LogP contribution is 2.40. The molecule has 4 aromatic heterocycles. The fourth-order valence-corrected chi connectivity index (χ4v) is 4.83. The second-order valence-corrected chi connectivity index (χ2v) is 7.88. The van der Waals surface area contributed by atoms with Gasteiger partial charge in [-0.3, -0.25) is 9.69 Å². The van der Waals surface area contributed by atoms with Gasteiger partial charge >= 0.3 is 0 Å². The smallest absolute Gasteiger partial charge is 0.289 e. The van der Waals surface area contributed by atoms with Crippen molar-refractivity contribution in [1.82, 2.24) is 24.4 Å². The maximum atomic E-state index is 12.5. The molecular formula is C19H19N5O4S. The quantitative estimate of drug-likeness (QED) is 0.549. The number of carbonyl (C=O) groups is 1. The average Bonchev–Trinajstić information content (AvgIpc) is 3.51. The maximum absolute atomic E-state index is 12.5. The number of carbonyl (C=O) groups excluding carboxylic acids is 1. The number of thiazole rings is 1. The first-order chi connectivity index (χ1) is 14.1. The molecule has 1 aliphatic rings. The van der Waals surface area contributed by atoms with Gasteiger partial charge in [-0.15, -0.1) is 5.10 Å². The summed E-state index contributed by atoms with van der Waals surface area (Å²) < 4.78 is 12.4. The van der Waals surface area contributed by atoms with E-state index in [0.29, 0.717) is 42.7 Å². The molecule has 0 bridgehead atoms. The zero-order chi connectivity index (χ0) is 20.0. The second-order valence-electron chi connectivity index (χ2n) is 6.87. The number of fused-ring (bicyclic) bond motifs is 1. The lowest BCUT2D eigenvalue weighted by atomic mass is 10.1. The van der Waals surface area contributed by atoms with Crippen molar-refractivity contribution in [3.63, 3.8) is 0 Å². The molecule has 0 saturated carbocycles. The Kier molecular flexibility index (Phi) is 4.36. The molecule has 0 aliphatic carbocycles. The molecule has 150 valence electrons. The highest BCUT2D eigenvalue weighted by Gasteiger charge is 2.34. The van der Waals surface area contributed by atoms with Crippen LogP contribution in [0.5, 0.6) is 5.88 Å². The van der Waals surface area contributed by atoms with Crippen LogP contribution in [0.3, 0.4) is 0 Å². The van der Waals surface area contributed by atoms with Crippen LogP contribution in [0, 0.1) is 6.92 Å². The largest absolute Gasteiger partial charge is 0.492 e. The number of furan rings is 2. The fourth-order valence-electron chi connectivity index (χ4n) is 3.69. The minimum atomic E-state index is -0.278. The average molecular weight is 413 g/mol. The first-order valence-corrected chi connectivity index (χ1v) is 10.1. The van der Waals surface area contributed by atoms with Crippen LogP contribution in [0.2, 0.25) is 0 Å². The SMILES string of the molecule is Cc1nc2sc(C(c3ccco3)N3CCN(C(=O)c4ccco4)CC3)c(O)n2n1. The van der Waals surface area contributed by atoms with Gasteiger partial charge in [0.1, 0.15) is 17.6 Å². The normalized spacial score (nSPS) is 16.5. The van der Waals surface area contributed by atoms with E-state index in [1.165, 1.54) is 22.1 Å². The molecule has 0 aromatic carbocycles. The Hall–Kier alpha value is -3.11. The summed E-state index contributed by atoms with van der Waals surface area (Å²) >= 11 is 1.39. The Bertz CT molecular complexity index is 1120. The monoisotopic (exact) mass is 413 g/mol. The molecule has 1 aliphatic heterocycles. The molecule has 4 aromatic rings. The molecule has 29 heavy (non-hydrogen) atoms. The van der Waals surface area contributed by atoms with Gasteiger partial charge in [-0.05, 0) is 31.2 Å². The first-order valence-electron chi connectivity index (χ1n) is 9.27. The molecule has 5 rings (SSSR count). The fraction of sp³-hybridized carbons (Fsp3) is 0.316. The Balaban J connectivity index is 1.42.